The maximum Gasteiger partial charge on any atom is 0.446 e. The van der Waals surface area contributed by atoms with Gasteiger partial charge in [-0.15, -0.1) is 0 Å². The molecule has 1 aliphatic carbocycles. The van der Waals surface area contributed by atoms with Crippen LogP contribution in [0.15, 0.2) is 47.6 Å². The van der Waals surface area contributed by atoms with Gasteiger partial charge in [0, 0.05) is 18.1 Å². The number of amides is 3. The van der Waals surface area contributed by atoms with E-state index in [0.29, 0.717) is 12.8 Å². The predicted octanol–water partition coefficient (Wildman–Crippen LogP) is 4.24. The number of urea groups is 1. The lowest BCUT2D eigenvalue weighted by molar-refractivity contribution is -0.120. The van der Waals surface area contributed by atoms with Crippen molar-refractivity contribution in [2.45, 2.75) is 35.3 Å². The van der Waals surface area contributed by atoms with E-state index in [4.69, 9.17) is 0 Å². The molecule has 0 unspecified atom stereocenters. The third-order valence-electron chi connectivity index (χ3n) is 5.10. The third-order valence-corrected chi connectivity index (χ3v) is 5.84. The first kappa shape index (κ1) is 19.6. The van der Waals surface area contributed by atoms with Crippen molar-refractivity contribution in [1.29, 1.82) is 0 Å². The number of nitrogens with one attached hydrogen (secondary N) is 1. The molecule has 2 aromatic rings. The summed E-state index contributed by atoms with van der Waals surface area (Å²) in [5, 5.41) is 3.02. The Labute approximate surface area is 169 Å². The zero-order valence-electron chi connectivity index (χ0n) is 15.4. The zero-order chi connectivity index (χ0) is 20.8. The minimum Gasteiger partial charge on any atom is -0.387 e. The lowest BCUT2D eigenvalue weighted by Gasteiger charge is -2.22. The van der Waals surface area contributed by atoms with Crippen LogP contribution in [0.25, 0.3) is 0 Å². The number of halogens is 3. The van der Waals surface area contributed by atoms with Crippen molar-refractivity contribution in [1.82, 2.24) is 9.88 Å². The summed E-state index contributed by atoms with van der Waals surface area (Å²) in [6.45, 7) is 0.238. The average Bonchev–Trinajstić information content (AvgIpc) is 3.45. The number of alkyl halides is 3. The molecule has 1 aromatic carbocycles. The SMILES string of the molecule is CNc1cnccc1CN1C(=O)N(c2ccc(SC(F)(F)F)cc2)C(=O)C12CC2. The predicted molar refractivity (Wildman–Crippen MR) is 103 cm³/mol. The number of rotatable bonds is 5. The lowest BCUT2D eigenvalue weighted by atomic mass is 10.1. The molecule has 6 nitrogen and oxygen atoms in total. The van der Waals surface area contributed by atoms with Crippen LogP contribution in [-0.4, -0.2) is 39.9 Å². The first-order valence-electron chi connectivity index (χ1n) is 8.88. The third kappa shape index (κ3) is 3.52. The van der Waals surface area contributed by atoms with Crippen LogP contribution in [0.1, 0.15) is 18.4 Å². The second-order valence-electron chi connectivity index (χ2n) is 6.87. The fourth-order valence-corrected chi connectivity index (χ4v) is 4.06. The summed E-state index contributed by atoms with van der Waals surface area (Å²) in [6.07, 6.45) is 4.39. The van der Waals surface area contributed by atoms with Gasteiger partial charge in [0.05, 0.1) is 24.1 Å². The molecule has 1 saturated carbocycles. The molecule has 1 aromatic heterocycles. The van der Waals surface area contributed by atoms with Gasteiger partial charge in [-0.1, -0.05) is 0 Å². The molecule has 1 N–H and O–H groups in total. The number of carbonyl (C=O) groups is 2. The van der Waals surface area contributed by atoms with Gasteiger partial charge >= 0.3 is 11.5 Å². The highest BCUT2D eigenvalue weighted by Crippen LogP contribution is 2.50. The zero-order valence-corrected chi connectivity index (χ0v) is 16.2. The minimum atomic E-state index is -4.40. The Morgan fingerprint density at radius 2 is 1.86 bits per heavy atom. The summed E-state index contributed by atoms with van der Waals surface area (Å²) >= 11 is -0.240. The fourth-order valence-electron chi connectivity index (χ4n) is 3.52. The Morgan fingerprint density at radius 1 is 1.17 bits per heavy atom. The smallest absolute Gasteiger partial charge is 0.387 e. The lowest BCUT2D eigenvalue weighted by Crippen LogP contribution is -2.36. The highest BCUT2D eigenvalue weighted by atomic mass is 32.2. The maximum atomic E-state index is 13.1. The summed E-state index contributed by atoms with van der Waals surface area (Å²) in [7, 11) is 1.75. The van der Waals surface area contributed by atoms with Crippen LogP contribution in [0.3, 0.4) is 0 Å². The van der Waals surface area contributed by atoms with Crippen LogP contribution < -0.4 is 10.2 Å². The molecule has 10 heteroatoms. The summed E-state index contributed by atoms with van der Waals surface area (Å²) in [6, 6.07) is 6.58. The van der Waals surface area contributed by atoms with Crippen LogP contribution in [-0.2, 0) is 11.3 Å². The number of carbonyl (C=O) groups excluding carboxylic acids is 2. The minimum absolute atomic E-state index is 0.00576. The van der Waals surface area contributed by atoms with Crippen molar-refractivity contribution in [3.63, 3.8) is 0 Å². The molecule has 0 radical (unpaired) electrons. The van der Waals surface area contributed by atoms with Gasteiger partial charge in [0.25, 0.3) is 5.91 Å². The topological polar surface area (TPSA) is 65.5 Å². The molecule has 4 rings (SSSR count). The monoisotopic (exact) mass is 422 g/mol. The molecule has 152 valence electrons. The average molecular weight is 422 g/mol. The first-order valence-corrected chi connectivity index (χ1v) is 9.69. The van der Waals surface area contributed by atoms with E-state index < -0.39 is 17.1 Å². The standard InChI is InChI=1S/C19H17F3N4O2S/c1-23-15-10-24-9-6-12(15)11-25-17(28)26(16(27)18(25)7-8-18)13-2-4-14(5-3-13)29-19(20,21)22/h2-6,9-10,23H,7-8,11H2,1H3. The Hall–Kier alpha value is -2.75. The summed E-state index contributed by atoms with van der Waals surface area (Å²) in [5.74, 6) is -0.334. The maximum absolute atomic E-state index is 13.1. The molecule has 3 amide bonds. The molecule has 29 heavy (non-hydrogen) atoms. The van der Waals surface area contributed by atoms with Gasteiger partial charge in [-0.05, 0) is 60.5 Å². The number of pyridine rings is 1. The number of hydrogen-bond donors (Lipinski definition) is 1. The molecular weight excluding hydrogens is 405 g/mol. The number of benzene rings is 1. The van der Waals surface area contributed by atoms with Gasteiger partial charge in [-0.2, -0.15) is 13.2 Å². The van der Waals surface area contributed by atoms with E-state index in [2.05, 4.69) is 10.3 Å². The van der Waals surface area contributed by atoms with E-state index in [1.54, 1.807) is 30.4 Å². The largest absolute Gasteiger partial charge is 0.446 e. The second-order valence-corrected chi connectivity index (χ2v) is 8.00. The van der Waals surface area contributed by atoms with Gasteiger partial charge in [-0.25, -0.2) is 9.69 Å². The number of aromatic nitrogens is 1. The Morgan fingerprint density at radius 3 is 2.45 bits per heavy atom. The van der Waals surface area contributed by atoms with Crippen LogP contribution in [0, 0.1) is 0 Å². The highest BCUT2D eigenvalue weighted by molar-refractivity contribution is 8.00. The summed E-state index contributed by atoms with van der Waals surface area (Å²) < 4.78 is 37.6. The van der Waals surface area contributed by atoms with Gasteiger partial charge in [-0.3, -0.25) is 9.78 Å². The molecule has 2 aliphatic rings. The van der Waals surface area contributed by atoms with E-state index in [9.17, 15) is 22.8 Å². The van der Waals surface area contributed by atoms with E-state index in [1.165, 1.54) is 24.3 Å². The van der Waals surface area contributed by atoms with Gasteiger partial charge in [0.1, 0.15) is 5.54 Å². The number of nitrogens with zero attached hydrogens (tertiary/aromatic N) is 3. The van der Waals surface area contributed by atoms with Gasteiger partial charge in [0.15, 0.2) is 0 Å². The number of anilines is 2. The normalized spacial score (nSPS) is 17.9. The van der Waals surface area contributed by atoms with E-state index in [-0.39, 0.29) is 34.8 Å². The number of thioether (sulfide) groups is 1. The summed E-state index contributed by atoms with van der Waals surface area (Å²) in [5.41, 5.74) is -3.41. The Kier molecular flexibility index (Phi) is 4.68. The quantitative estimate of drug-likeness (QED) is 0.577. The molecule has 0 bridgehead atoms. The van der Waals surface area contributed by atoms with Gasteiger partial charge < -0.3 is 10.2 Å². The number of imide groups is 1. The highest BCUT2D eigenvalue weighted by Gasteiger charge is 2.65. The van der Waals surface area contributed by atoms with Crippen LogP contribution in [0.4, 0.5) is 29.3 Å². The summed E-state index contributed by atoms with van der Waals surface area (Å²) in [4.78, 5) is 32.8. The van der Waals surface area contributed by atoms with Crippen LogP contribution >= 0.6 is 11.8 Å². The number of hydrogen-bond acceptors (Lipinski definition) is 5. The molecule has 1 saturated heterocycles. The van der Waals surface area contributed by atoms with Crippen LogP contribution in [0.5, 0.6) is 0 Å². The van der Waals surface area contributed by atoms with E-state index in [0.717, 1.165) is 16.2 Å². The Balaban J connectivity index is 1.60. The van der Waals surface area contributed by atoms with Crippen LogP contribution in [0.2, 0.25) is 0 Å². The molecular formula is C19H17F3N4O2S. The molecule has 1 aliphatic heterocycles. The molecule has 2 fully saturated rings. The first-order chi connectivity index (χ1) is 13.7. The van der Waals surface area contributed by atoms with Crippen molar-refractivity contribution in [2.75, 3.05) is 17.3 Å². The van der Waals surface area contributed by atoms with E-state index >= 15 is 0 Å². The molecule has 0 atom stereocenters. The van der Waals surface area contributed by atoms with Crippen molar-refractivity contribution < 1.29 is 22.8 Å². The fraction of sp³-hybridized carbons (Fsp3) is 0.316. The van der Waals surface area contributed by atoms with Crippen molar-refractivity contribution in [2.24, 2.45) is 0 Å². The second kappa shape index (κ2) is 6.94. The van der Waals surface area contributed by atoms with Crippen molar-refractivity contribution in [3.8, 4) is 0 Å². The van der Waals surface area contributed by atoms with Gasteiger partial charge in [0.2, 0.25) is 0 Å². The molecule has 2 heterocycles. The van der Waals surface area contributed by atoms with Crippen molar-refractivity contribution in [3.05, 3.63) is 48.3 Å². The molecule has 1 spiro atoms. The Bertz CT molecular complexity index is 961. The van der Waals surface area contributed by atoms with E-state index in [1.807, 2.05) is 0 Å². The van der Waals surface area contributed by atoms with Crippen molar-refractivity contribution >= 4 is 35.1 Å².